The van der Waals surface area contributed by atoms with Crippen LogP contribution in [0.3, 0.4) is 0 Å². The second kappa shape index (κ2) is 7.55. The van der Waals surface area contributed by atoms with Gasteiger partial charge in [-0.25, -0.2) is 14.2 Å². The second-order valence-corrected chi connectivity index (χ2v) is 6.31. The second-order valence-electron chi connectivity index (χ2n) is 6.31. The van der Waals surface area contributed by atoms with E-state index in [2.05, 4.69) is 15.6 Å². The smallest absolute Gasteiger partial charge is 0.315 e. The molecule has 1 unspecified atom stereocenters. The first-order valence-electron chi connectivity index (χ1n) is 8.49. The minimum atomic E-state index is -0.270. The fourth-order valence-corrected chi connectivity index (χ4v) is 3.03. The predicted octanol–water partition coefficient (Wildman–Crippen LogP) is 2.90. The summed E-state index contributed by atoms with van der Waals surface area (Å²) in [5.74, 6) is 1.01. The van der Waals surface area contributed by atoms with E-state index in [9.17, 15) is 9.18 Å². The highest BCUT2D eigenvalue weighted by Crippen LogP contribution is 2.22. The summed E-state index contributed by atoms with van der Waals surface area (Å²) in [5, 5.41) is 5.70. The lowest BCUT2D eigenvalue weighted by Crippen LogP contribution is -2.50. The Morgan fingerprint density at radius 1 is 1.40 bits per heavy atom. The average Bonchev–Trinajstić information content (AvgIpc) is 2.92. The van der Waals surface area contributed by atoms with Crippen LogP contribution >= 0.6 is 0 Å². The van der Waals surface area contributed by atoms with Crippen molar-refractivity contribution in [1.29, 1.82) is 0 Å². The van der Waals surface area contributed by atoms with Gasteiger partial charge in [-0.1, -0.05) is 12.1 Å². The van der Waals surface area contributed by atoms with Crippen LogP contribution in [-0.4, -0.2) is 30.1 Å². The molecule has 0 saturated carbocycles. The van der Waals surface area contributed by atoms with Crippen LogP contribution in [0.4, 0.5) is 14.9 Å². The predicted molar refractivity (Wildman–Crippen MR) is 93.0 cm³/mol. The van der Waals surface area contributed by atoms with Crippen LogP contribution in [0.2, 0.25) is 0 Å². The summed E-state index contributed by atoms with van der Waals surface area (Å²) in [6.07, 6.45) is 1.77. The zero-order valence-electron chi connectivity index (χ0n) is 14.5. The van der Waals surface area contributed by atoms with Crippen molar-refractivity contribution in [2.45, 2.75) is 39.3 Å². The Balaban J connectivity index is 1.52. The van der Waals surface area contributed by atoms with E-state index < -0.39 is 0 Å². The van der Waals surface area contributed by atoms with Crippen molar-refractivity contribution < 1.29 is 13.6 Å². The van der Waals surface area contributed by atoms with E-state index in [0.29, 0.717) is 18.1 Å². The highest BCUT2D eigenvalue weighted by Gasteiger charge is 2.23. The monoisotopic (exact) mass is 346 g/mol. The lowest BCUT2D eigenvalue weighted by molar-refractivity contribution is 0.233. The van der Waals surface area contributed by atoms with E-state index in [1.807, 2.05) is 24.8 Å². The molecule has 1 aliphatic rings. The molecule has 0 bridgehead atoms. The van der Waals surface area contributed by atoms with Crippen molar-refractivity contribution in [1.82, 2.24) is 15.6 Å². The van der Waals surface area contributed by atoms with Gasteiger partial charge in [0.25, 0.3) is 0 Å². The largest absolute Gasteiger partial charge is 0.444 e. The number of hydrogen-bond acceptors (Lipinski definition) is 4. The lowest BCUT2D eigenvalue weighted by Gasteiger charge is -2.34. The summed E-state index contributed by atoms with van der Waals surface area (Å²) >= 11 is 0. The van der Waals surface area contributed by atoms with E-state index in [1.165, 1.54) is 6.07 Å². The van der Waals surface area contributed by atoms with Gasteiger partial charge in [0.2, 0.25) is 5.89 Å². The summed E-state index contributed by atoms with van der Waals surface area (Å²) in [5.41, 5.74) is 1.41. The third kappa shape index (κ3) is 4.29. The van der Waals surface area contributed by atoms with Gasteiger partial charge in [0.05, 0.1) is 17.9 Å². The Hall–Kier alpha value is -2.57. The van der Waals surface area contributed by atoms with Crippen molar-refractivity contribution in [2.24, 2.45) is 0 Å². The topological polar surface area (TPSA) is 70.4 Å². The summed E-state index contributed by atoms with van der Waals surface area (Å²) < 4.78 is 19.4. The molecular formula is C18H23FN4O2. The molecule has 0 spiro atoms. The van der Waals surface area contributed by atoms with Gasteiger partial charge in [-0.15, -0.1) is 0 Å². The number of urea groups is 1. The number of aryl methyl sites for hydroxylation is 2. The number of oxazole rings is 1. The van der Waals surface area contributed by atoms with Gasteiger partial charge in [-0.3, -0.25) is 0 Å². The number of nitrogens with one attached hydrogen (secondary N) is 2. The van der Waals surface area contributed by atoms with E-state index in [1.54, 1.807) is 12.1 Å². The van der Waals surface area contributed by atoms with Gasteiger partial charge in [-0.05, 0) is 38.8 Å². The van der Waals surface area contributed by atoms with Gasteiger partial charge in [-0.2, -0.15) is 0 Å². The molecule has 134 valence electrons. The van der Waals surface area contributed by atoms with Crippen LogP contribution in [0, 0.1) is 19.7 Å². The molecule has 2 amide bonds. The summed E-state index contributed by atoms with van der Waals surface area (Å²) in [6.45, 7) is 5.32. The third-order valence-electron chi connectivity index (χ3n) is 4.42. The van der Waals surface area contributed by atoms with E-state index >= 15 is 0 Å². The van der Waals surface area contributed by atoms with Crippen molar-refractivity contribution in [3.63, 3.8) is 0 Å². The number of amides is 2. The SMILES string of the molecule is Cc1nc(CNC(=O)NC2CCCN(c3ccccc3F)C2)oc1C. The maximum absolute atomic E-state index is 13.9. The number of carbonyl (C=O) groups excluding carboxylic acids is 1. The molecule has 0 radical (unpaired) electrons. The third-order valence-corrected chi connectivity index (χ3v) is 4.42. The molecule has 1 aromatic carbocycles. The molecular weight excluding hydrogens is 323 g/mol. The molecule has 6 nitrogen and oxygen atoms in total. The first kappa shape index (κ1) is 17.3. The zero-order chi connectivity index (χ0) is 17.8. The standard InChI is InChI=1S/C18H23FN4O2/c1-12-13(2)25-17(21-12)10-20-18(24)22-14-6-5-9-23(11-14)16-8-4-3-7-15(16)19/h3-4,7-8,14H,5-6,9-11H2,1-2H3,(H2,20,22,24). The average molecular weight is 346 g/mol. The molecule has 1 fully saturated rings. The first-order chi connectivity index (χ1) is 12.0. The quantitative estimate of drug-likeness (QED) is 0.893. The fraction of sp³-hybridized carbons (Fsp3) is 0.444. The lowest BCUT2D eigenvalue weighted by atomic mass is 10.0. The molecule has 2 aromatic rings. The molecule has 1 atom stereocenters. The van der Waals surface area contributed by atoms with E-state index in [-0.39, 0.29) is 24.4 Å². The van der Waals surface area contributed by atoms with Crippen LogP contribution < -0.4 is 15.5 Å². The Kier molecular flexibility index (Phi) is 5.21. The number of aromatic nitrogens is 1. The maximum Gasteiger partial charge on any atom is 0.315 e. The fourth-order valence-electron chi connectivity index (χ4n) is 3.03. The molecule has 2 N–H and O–H groups in total. The normalized spacial score (nSPS) is 17.4. The van der Waals surface area contributed by atoms with Gasteiger partial charge in [0, 0.05) is 19.1 Å². The van der Waals surface area contributed by atoms with Crippen LogP contribution in [-0.2, 0) is 6.54 Å². The molecule has 0 aliphatic carbocycles. The molecule has 3 rings (SSSR count). The maximum atomic E-state index is 13.9. The number of para-hydroxylation sites is 1. The minimum Gasteiger partial charge on any atom is -0.444 e. The van der Waals surface area contributed by atoms with Crippen molar-refractivity contribution in [3.05, 3.63) is 47.4 Å². The van der Waals surface area contributed by atoms with Crippen molar-refractivity contribution >= 4 is 11.7 Å². The molecule has 7 heteroatoms. The first-order valence-corrected chi connectivity index (χ1v) is 8.49. The van der Waals surface area contributed by atoms with Gasteiger partial charge >= 0.3 is 6.03 Å². The summed E-state index contributed by atoms with van der Waals surface area (Å²) in [6, 6.07) is 6.43. The van der Waals surface area contributed by atoms with Crippen LogP contribution in [0.5, 0.6) is 0 Å². The highest BCUT2D eigenvalue weighted by molar-refractivity contribution is 5.74. The number of carbonyl (C=O) groups is 1. The number of halogens is 1. The number of rotatable bonds is 4. The number of anilines is 1. The van der Waals surface area contributed by atoms with Gasteiger partial charge in [0.15, 0.2) is 0 Å². The number of benzene rings is 1. The Morgan fingerprint density at radius 3 is 2.92 bits per heavy atom. The summed E-state index contributed by atoms with van der Waals surface area (Å²) in [4.78, 5) is 18.3. The molecule has 2 heterocycles. The van der Waals surface area contributed by atoms with Gasteiger partial charge in [0.1, 0.15) is 11.6 Å². The van der Waals surface area contributed by atoms with E-state index in [4.69, 9.17) is 4.42 Å². The number of hydrogen-bond donors (Lipinski definition) is 2. The summed E-state index contributed by atoms with van der Waals surface area (Å²) in [7, 11) is 0. The molecule has 1 saturated heterocycles. The van der Waals surface area contributed by atoms with Gasteiger partial charge < -0.3 is 20.0 Å². The number of nitrogens with zero attached hydrogens (tertiary/aromatic N) is 2. The molecule has 25 heavy (non-hydrogen) atoms. The van der Waals surface area contributed by atoms with E-state index in [0.717, 1.165) is 30.8 Å². The van der Waals surface area contributed by atoms with Crippen molar-refractivity contribution in [3.8, 4) is 0 Å². The minimum absolute atomic E-state index is 0.0265. The number of piperidine rings is 1. The molecule has 1 aromatic heterocycles. The van der Waals surface area contributed by atoms with Crippen LogP contribution in [0.15, 0.2) is 28.7 Å². The van der Waals surface area contributed by atoms with Crippen molar-refractivity contribution in [2.75, 3.05) is 18.0 Å². The van der Waals surface area contributed by atoms with Crippen LogP contribution in [0.25, 0.3) is 0 Å². The molecule has 1 aliphatic heterocycles. The highest BCUT2D eigenvalue weighted by atomic mass is 19.1. The Bertz CT molecular complexity index is 727. The Morgan fingerprint density at radius 2 is 2.20 bits per heavy atom. The Labute approximate surface area is 146 Å². The van der Waals surface area contributed by atoms with Crippen LogP contribution in [0.1, 0.15) is 30.2 Å². The zero-order valence-corrected chi connectivity index (χ0v) is 14.5.